The highest BCUT2D eigenvalue weighted by molar-refractivity contribution is 6.35. The molecule has 0 spiro atoms. The molecule has 210 valence electrons. The number of allylic oxidation sites excluding steroid dienone is 1. The number of pyridine rings is 1. The lowest BCUT2D eigenvalue weighted by atomic mass is 10.0. The predicted octanol–water partition coefficient (Wildman–Crippen LogP) is 5.21. The molecule has 0 saturated carbocycles. The van der Waals surface area contributed by atoms with E-state index in [1.165, 1.54) is 14.2 Å². The third-order valence-electron chi connectivity index (χ3n) is 6.48. The molecule has 2 N–H and O–H groups in total. The highest BCUT2D eigenvalue weighted by Gasteiger charge is 2.19. The van der Waals surface area contributed by atoms with Gasteiger partial charge in [-0.05, 0) is 50.1 Å². The Morgan fingerprint density at radius 3 is 2.44 bits per heavy atom. The number of rotatable bonds is 9. The van der Waals surface area contributed by atoms with E-state index >= 15 is 0 Å². The minimum atomic E-state index is -0.456. The quantitative estimate of drug-likeness (QED) is 0.206. The van der Waals surface area contributed by atoms with Gasteiger partial charge in [0.25, 0.3) is 11.5 Å². The first-order valence-electron chi connectivity index (χ1n) is 12.7. The first kappa shape index (κ1) is 29.1. The Morgan fingerprint density at radius 2 is 1.83 bits per heavy atom. The van der Waals surface area contributed by atoms with Gasteiger partial charge >= 0.3 is 0 Å². The summed E-state index contributed by atoms with van der Waals surface area (Å²) in [5.41, 5.74) is 3.22. The SMILES string of the molecule is CNc1ncc2cc(-c3cc(OC)cc(OC)c3Cl)c(=O)n(CCc3ccc(NC(=O)C(C#N)=C(C)C)cc3)c2n1. The van der Waals surface area contributed by atoms with Gasteiger partial charge < -0.3 is 20.1 Å². The van der Waals surface area contributed by atoms with Gasteiger partial charge in [0.1, 0.15) is 28.8 Å². The number of aryl methyl sites for hydroxylation is 2. The first-order chi connectivity index (χ1) is 19.7. The van der Waals surface area contributed by atoms with Crippen molar-refractivity contribution in [2.45, 2.75) is 26.8 Å². The molecule has 0 saturated heterocycles. The molecular formula is C30H29ClN6O4. The lowest BCUT2D eigenvalue weighted by Gasteiger charge is -2.16. The number of halogens is 1. The smallest absolute Gasteiger partial charge is 0.266 e. The van der Waals surface area contributed by atoms with Gasteiger partial charge in [-0.2, -0.15) is 10.2 Å². The molecule has 0 aliphatic carbocycles. The normalized spacial score (nSPS) is 10.6. The number of fused-ring (bicyclic) bond motifs is 1. The summed E-state index contributed by atoms with van der Waals surface area (Å²) in [6.45, 7) is 3.74. The molecule has 2 aromatic heterocycles. The van der Waals surface area contributed by atoms with Gasteiger partial charge in [-0.15, -0.1) is 0 Å². The van der Waals surface area contributed by atoms with Crippen LogP contribution in [-0.4, -0.2) is 41.7 Å². The van der Waals surface area contributed by atoms with Crippen molar-refractivity contribution in [3.63, 3.8) is 0 Å². The molecule has 10 nitrogen and oxygen atoms in total. The number of carbonyl (C=O) groups excluding carboxylic acids is 1. The van der Waals surface area contributed by atoms with Gasteiger partial charge in [0.2, 0.25) is 5.95 Å². The molecule has 0 atom stereocenters. The third kappa shape index (κ3) is 6.15. The van der Waals surface area contributed by atoms with Crippen LogP contribution in [0.3, 0.4) is 0 Å². The van der Waals surface area contributed by atoms with Crippen molar-refractivity contribution in [1.82, 2.24) is 14.5 Å². The van der Waals surface area contributed by atoms with Crippen molar-refractivity contribution in [3.05, 3.63) is 80.7 Å². The van der Waals surface area contributed by atoms with Crippen LogP contribution in [0, 0.1) is 11.3 Å². The molecule has 0 unspecified atom stereocenters. The van der Waals surface area contributed by atoms with Gasteiger partial charge in [-0.1, -0.05) is 29.3 Å². The van der Waals surface area contributed by atoms with Crippen molar-refractivity contribution < 1.29 is 14.3 Å². The van der Waals surface area contributed by atoms with E-state index in [1.54, 1.807) is 62.0 Å². The Kier molecular flexibility index (Phi) is 8.90. The molecule has 4 aromatic rings. The minimum Gasteiger partial charge on any atom is -0.497 e. The standard InChI is InChI=1S/C30H29ClN6O4/c1-17(2)24(15-32)28(38)35-20-8-6-18(7-9-20)10-11-37-27-19(16-34-30(33-3)36-27)12-23(29(37)39)22-13-21(40-4)14-25(41-5)26(22)31/h6-9,12-14,16H,10-11H2,1-5H3,(H,35,38)(H,33,34,36). The number of amides is 1. The molecule has 2 aromatic carbocycles. The fourth-order valence-corrected chi connectivity index (χ4v) is 4.58. The van der Waals surface area contributed by atoms with E-state index in [1.807, 2.05) is 18.2 Å². The van der Waals surface area contributed by atoms with Gasteiger partial charge in [-0.3, -0.25) is 14.2 Å². The zero-order chi connectivity index (χ0) is 29.7. The zero-order valence-corrected chi connectivity index (χ0v) is 24.1. The fourth-order valence-electron chi connectivity index (χ4n) is 4.29. The summed E-state index contributed by atoms with van der Waals surface area (Å²) in [5, 5.41) is 15.8. The number of nitrogens with zero attached hydrogens (tertiary/aromatic N) is 4. The monoisotopic (exact) mass is 572 g/mol. The topological polar surface area (TPSA) is 131 Å². The van der Waals surface area contributed by atoms with E-state index in [4.69, 9.17) is 21.1 Å². The van der Waals surface area contributed by atoms with Crippen LogP contribution in [0.5, 0.6) is 11.5 Å². The van der Waals surface area contributed by atoms with Crippen molar-refractivity contribution in [1.29, 1.82) is 5.26 Å². The number of hydrogen-bond donors (Lipinski definition) is 2. The predicted molar refractivity (Wildman–Crippen MR) is 160 cm³/mol. The Hall–Kier alpha value is -4.88. The number of nitriles is 1. The van der Waals surface area contributed by atoms with Gasteiger partial charge in [-0.25, -0.2) is 4.98 Å². The van der Waals surface area contributed by atoms with Crippen LogP contribution in [0.2, 0.25) is 5.02 Å². The molecule has 0 bridgehead atoms. The van der Waals surface area contributed by atoms with Crippen molar-refractivity contribution in [3.8, 4) is 28.7 Å². The Bertz CT molecular complexity index is 1750. The molecule has 0 radical (unpaired) electrons. The molecule has 1 amide bonds. The van der Waals surface area contributed by atoms with E-state index in [-0.39, 0.29) is 16.2 Å². The maximum atomic E-state index is 13.9. The summed E-state index contributed by atoms with van der Waals surface area (Å²) in [7, 11) is 4.73. The van der Waals surface area contributed by atoms with Crippen LogP contribution >= 0.6 is 11.6 Å². The second-order valence-corrected chi connectivity index (χ2v) is 9.69. The number of benzene rings is 2. The number of carbonyl (C=O) groups is 1. The van der Waals surface area contributed by atoms with Gasteiger partial charge in [0.05, 0.1) is 19.2 Å². The largest absolute Gasteiger partial charge is 0.497 e. The Morgan fingerprint density at radius 1 is 1.10 bits per heavy atom. The van der Waals surface area contributed by atoms with Crippen molar-refractivity contribution >= 4 is 40.2 Å². The summed E-state index contributed by atoms with van der Waals surface area (Å²) in [5.74, 6) is 0.802. The summed E-state index contributed by atoms with van der Waals surface area (Å²) in [6.07, 6.45) is 2.15. The van der Waals surface area contributed by atoms with E-state index in [2.05, 4.69) is 20.6 Å². The highest BCUT2D eigenvalue weighted by Crippen LogP contribution is 2.38. The number of anilines is 2. The molecule has 2 heterocycles. The van der Waals surface area contributed by atoms with Gasteiger partial charge in [0.15, 0.2) is 0 Å². The number of hydrogen-bond acceptors (Lipinski definition) is 8. The van der Waals surface area contributed by atoms with Crippen LogP contribution in [-0.2, 0) is 17.8 Å². The fraction of sp³-hybridized carbons (Fsp3) is 0.233. The van der Waals surface area contributed by atoms with Crippen LogP contribution < -0.4 is 25.7 Å². The second kappa shape index (κ2) is 12.5. The van der Waals surface area contributed by atoms with E-state index < -0.39 is 5.91 Å². The molecule has 4 rings (SSSR count). The molecule has 41 heavy (non-hydrogen) atoms. The Balaban J connectivity index is 1.72. The van der Waals surface area contributed by atoms with E-state index in [9.17, 15) is 14.9 Å². The minimum absolute atomic E-state index is 0.0805. The molecule has 0 aliphatic rings. The van der Waals surface area contributed by atoms with E-state index in [0.717, 1.165) is 5.56 Å². The van der Waals surface area contributed by atoms with Crippen LogP contribution in [0.15, 0.2) is 64.6 Å². The number of methoxy groups -OCH3 is 2. The van der Waals surface area contributed by atoms with Crippen LogP contribution in [0.4, 0.5) is 11.6 Å². The molecule has 0 fully saturated rings. The maximum Gasteiger partial charge on any atom is 0.266 e. The lowest BCUT2D eigenvalue weighted by molar-refractivity contribution is -0.112. The van der Waals surface area contributed by atoms with Crippen LogP contribution in [0.25, 0.3) is 22.2 Å². The summed E-state index contributed by atoms with van der Waals surface area (Å²) in [6, 6.07) is 14.2. The number of ether oxygens (including phenoxy) is 2. The van der Waals surface area contributed by atoms with Crippen molar-refractivity contribution in [2.75, 3.05) is 31.9 Å². The average Bonchev–Trinajstić information content (AvgIpc) is 2.97. The number of nitrogens with one attached hydrogen (secondary N) is 2. The maximum absolute atomic E-state index is 13.9. The van der Waals surface area contributed by atoms with E-state index in [0.29, 0.717) is 63.8 Å². The third-order valence-corrected chi connectivity index (χ3v) is 6.87. The molecular weight excluding hydrogens is 544 g/mol. The summed E-state index contributed by atoms with van der Waals surface area (Å²) >= 11 is 6.64. The molecule has 11 heteroatoms. The highest BCUT2D eigenvalue weighted by atomic mass is 35.5. The average molecular weight is 573 g/mol. The van der Waals surface area contributed by atoms with Gasteiger partial charge in [0, 0.05) is 48.1 Å². The zero-order valence-electron chi connectivity index (χ0n) is 23.3. The lowest BCUT2D eigenvalue weighted by Crippen LogP contribution is -2.24. The Labute approximate surface area is 242 Å². The summed E-state index contributed by atoms with van der Waals surface area (Å²) in [4.78, 5) is 35.2. The number of aromatic nitrogens is 3. The second-order valence-electron chi connectivity index (χ2n) is 9.32. The first-order valence-corrected chi connectivity index (χ1v) is 13.1. The van der Waals surface area contributed by atoms with Crippen LogP contribution in [0.1, 0.15) is 19.4 Å². The molecule has 0 aliphatic heterocycles. The van der Waals surface area contributed by atoms with Crippen molar-refractivity contribution in [2.24, 2.45) is 0 Å². The summed E-state index contributed by atoms with van der Waals surface area (Å²) < 4.78 is 12.4.